The molecule has 0 radical (unpaired) electrons. The van der Waals surface area contributed by atoms with Crippen LogP contribution < -0.4 is 0 Å². The lowest BCUT2D eigenvalue weighted by Crippen LogP contribution is -2.29. The van der Waals surface area contributed by atoms with Crippen LogP contribution in [-0.4, -0.2) is 5.78 Å². The lowest BCUT2D eigenvalue weighted by molar-refractivity contribution is 0.0931. The van der Waals surface area contributed by atoms with Crippen LogP contribution in [-0.2, 0) is 23.4 Å². The van der Waals surface area contributed by atoms with Crippen LogP contribution in [0.5, 0.6) is 0 Å². The van der Waals surface area contributed by atoms with Gasteiger partial charge >= 0.3 is 0 Å². The van der Waals surface area contributed by atoms with Crippen LogP contribution in [0.25, 0.3) is 5.57 Å². The van der Waals surface area contributed by atoms with E-state index >= 15 is 0 Å². The molecule has 3 aromatic carbocycles. The fourth-order valence-electron chi connectivity index (χ4n) is 3.89. The van der Waals surface area contributed by atoms with E-state index in [1.165, 1.54) is 0 Å². The fraction of sp³-hybridized carbons (Fsp3) is 0.160. The number of ketones is 1. The number of ether oxygens (including phenoxy) is 1. The molecule has 1 atom stereocenters. The Morgan fingerprint density at radius 3 is 2.19 bits per heavy atom. The summed E-state index contributed by atoms with van der Waals surface area (Å²) in [7, 11) is 0. The monoisotopic (exact) mass is 354 g/mol. The Labute approximate surface area is 160 Å². The number of benzene rings is 3. The quantitative estimate of drug-likeness (QED) is 0.599. The molecule has 0 spiro atoms. The summed E-state index contributed by atoms with van der Waals surface area (Å²) in [6.07, 6.45) is 0. The molecule has 0 fully saturated rings. The van der Waals surface area contributed by atoms with Crippen molar-refractivity contribution in [3.63, 3.8) is 0 Å². The number of rotatable bonds is 5. The van der Waals surface area contributed by atoms with Crippen LogP contribution in [0, 0.1) is 0 Å². The van der Waals surface area contributed by atoms with Crippen molar-refractivity contribution in [1.29, 1.82) is 0 Å². The van der Waals surface area contributed by atoms with Crippen molar-refractivity contribution in [2.45, 2.75) is 25.6 Å². The van der Waals surface area contributed by atoms with Gasteiger partial charge in [0.2, 0.25) is 0 Å². The lowest BCUT2D eigenvalue weighted by Gasteiger charge is -2.27. The Bertz CT molecular complexity index is 967. The maximum Gasteiger partial charge on any atom is 0.178 e. The highest BCUT2D eigenvalue weighted by Crippen LogP contribution is 2.48. The van der Waals surface area contributed by atoms with Crippen molar-refractivity contribution < 1.29 is 9.53 Å². The summed E-state index contributed by atoms with van der Waals surface area (Å²) in [5.74, 6) is 0.110. The third-order valence-corrected chi connectivity index (χ3v) is 5.48. The second kappa shape index (κ2) is 6.98. The van der Waals surface area contributed by atoms with Gasteiger partial charge in [-0.15, -0.1) is 0 Å². The summed E-state index contributed by atoms with van der Waals surface area (Å²) in [6, 6.07) is 25.9. The molecule has 0 bridgehead atoms. The van der Waals surface area contributed by atoms with E-state index in [0.717, 1.165) is 33.4 Å². The third-order valence-electron chi connectivity index (χ3n) is 5.48. The van der Waals surface area contributed by atoms with Crippen LogP contribution in [0.1, 0.15) is 39.5 Å². The second-order valence-corrected chi connectivity index (χ2v) is 7.11. The normalized spacial score (nSPS) is 18.6. The number of carbonyl (C=O) groups excluding carboxylic acids is 1. The highest BCUT2D eigenvalue weighted by atomic mass is 16.5. The van der Waals surface area contributed by atoms with Crippen LogP contribution in [0.4, 0.5) is 0 Å². The number of carbonyl (C=O) groups is 1. The smallest absolute Gasteiger partial charge is 0.178 e. The molecule has 134 valence electrons. The molecule has 0 saturated heterocycles. The Balaban J connectivity index is 1.63. The Kier molecular flexibility index (Phi) is 4.51. The fourth-order valence-corrected chi connectivity index (χ4v) is 3.89. The summed E-state index contributed by atoms with van der Waals surface area (Å²) in [5.41, 5.74) is 4.95. The molecule has 0 aliphatic heterocycles. The summed E-state index contributed by atoms with van der Waals surface area (Å²) in [4.78, 5) is 13.3. The van der Waals surface area contributed by atoms with Crippen molar-refractivity contribution in [2.75, 3.05) is 0 Å². The molecule has 1 aliphatic carbocycles. The SMILES string of the molecule is C=C1c2ccccc2C(=O)C1(C)c1ccccc1COCc1ccccc1. The number of allylic oxidation sites excluding steroid dienone is 1. The molecular formula is C25H22O2. The second-order valence-electron chi connectivity index (χ2n) is 7.11. The van der Waals surface area contributed by atoms with Crippen LogP contribution in [0.3, 0.4) is 0 Å². The first-order valence-electron chi connectivity index (χ1n) is 9.16. The molecule has 0 saturated carbocycles. The first-order valence-corrected chi connectivity index (χ1v) is 9.16. The number of hydrogen-bond acceptors (Lipinski definition) is 2. The molecule has 0 aromatic heterocycles. The largest absolute Gasteiger partial charge is 0.372 e. The molecule has 2 nitrogen and oxygen atoms in total. The predicted molar refractivity (Wildman–Crippen MR) is 109 cm³/mol. The topological polar surface area (TPSA) is 26.3 Å². The van der Waals surface area contributed by atoms with E-state index in [9.17, 15) is 4.79 Å². The molecule has 2 heteroatoms. The van der Waals surface area contributed by atoms with Gasteiger partial charge in [-0.05, 0) is 34.8 Å². The van der Waals surface area contributed by atoms with Gasteiger partial charge in [0.15, 0.2) is 5.78 Å². The van der Waals surface area contributed by atoms with E-state index in [4.69, 9.17) is 4.74 Å². The van der Waals surface area contributed by atoms with Gasteiger partial charge in [0.1, 0.15) is 0 Å². The molecule has 0 N–H and O–H groups in total. The van der Waals surface area contributed by atoms with Crippen molar-refractivity contribution >= 4 is 11.4 Å². The molecule has 1 unspecified atom stereocenters. The summed E-state index contributed by atoms with van der Waals surface area (Å²) < 4.78 is 5.96. The van der Waals surface area contributed by atoms with Crippen LogP contribution >= 0.6 is 0 Å². The first-order chi connectivity index (χ1) is 13.1. The standard InChI is InChI=1S/C25H22O2/c1-18-21-13-7-8-14-22(21)24(26)25(18,2)23-15-9-6-12-20(23)17-27-16-19-10-4-3-5-11-19/h3-15H,1,16-17H2,2H3. The molecule has 0 amide bonds. The maximum absolute atomic E-state index is 13.3. The number of hydrogen-bond donors (Lipinski definition) is 0. The van der Waals surface area contributed by atoms with Crippen molar-refractivity contribution in [3.8, 4) is 0 Å². The number of fused-ring (bicyclic) bond motifs is 1. The molecular weight excluding hydrogens is 332 g/mol. The summed E-state index contributed by atoms with van der Waals surface area (Å²) in [5, 5.41) is 0. The van der Waals surface area contributed by atoms with E-state index in [0.29, 0.717) is 13.2 Å². The van der Waals surface area contributed by atoms with Crippen molar-refractivity contribution in [2.24, 2.45) is 0 Å². The molecule has 0 heterocycles. The predicted octanol–water partition coefficient (Wildman–Crippen LogP) is 5.57. The zero-order valence-corrected chi connectivity index (χ0v) is 15.4. The molecule has 3 aromatic rings. The van der Waals surface area contributed by atoms with Gasteiger partial charge in [0.25, 0.3) is 0 Å². The number of Topliss-reactive ketones (excluding diaryl/α,β-unsaturated/α-hetero) is 1. The third kappa shape index (κ3) is 2.92. The van der Waals surface area contributed by atoms with Gasteiger partial charge in [-0.2, -0.15) is 0 Å². The molecule has 27 heavy (non-hydrogen) atoms. The van der Waals surface area contributed by atoms with E-state index in [-0.39, 0.29) is 5.78 Å². The van der Waals surface area contributed by atoms with E-state index in [1.54, 1.807) is 0 Å². The minimum Gasteiger partial charge on any atom is -0.372 e. The van der Waals surface area contributed by atoms with E-state index in [2.05, 4.69) is 6.58 Å². The summed E-state index contributed by atoms with van der Waals surface area (Å²) >= 11 is 0. The summed E-state index contributed by atoms with van der Waals surface area (Å²) in [6.45, 7) is 7.26. The highest BCUT2D eigenvalue weighted by Gasteiger charge is 2.46. The van der Waals surface area contributed by atoms with Crippen LogP contribution in [0.2, 0.25) is 0 Å². The molecule has 4 rings (SSSR count). The Morgan fingerprint density at radius 1 is 0.815 bits per heavy atom. The van der Waals surface area contributed by atoms with Crippen molar-refractivity contribution in [1.82, 2.24) is 0 Å². The average Bonchev–Trinajstić information content (AvgIpc) is 2.92. The van der Waals surface area contributed by atoms with Crippen molar-refractivity contribution in [3.05, 3.63) is 113 Å². The van der Waals surface area contributed by atoms with E-state index < -0.39 is 5.41 Å². The molecule has 1 aliphatic rings. The van der Waals surface area contributed by atoms with Gasteiger partial charge in [0.05, 0.1) is 18.6 Å². The average molecular weight is 354 g/mol. The Morgan fingerprint density at radius 2 is 1.44 bits per heavy atom. The van der Waals surface area contributed by atoms with Gasteiger partial charge in [-0.3, -0.25) is 4.79 Å². The van der Waals surface area contributed by atoms with Gasteiger partial charge in [0, 0.05) is 5.56 Å². The highest BCUT2D eigenvalue weighted by molar-refractivity contribution is 6.20. The minimum absolute atomic E-state index is 0.110. The Hall–Kier alpha value is -2.97. The minimum atomic E-state index is -0.754. The van der Waals surface area contributed by atoms with E-state index in [1.807, 2.05) is 85.8 Å². The zero-order chi connectivity index (χ0) is 18.9. The zero-order valence-electron chi connectivity index (χ0n) is 15.4. The van der Waals surface area contributed by atoms with Gasteiger partial charge in [-0.1, -0.05) is 85.4 Å². The maximum atomic E-state index is 13.3. The van der Waals surface area contributed by atoms with Gasteiger partial charge < -0.3 is 4.74 Å². The van der Waals surface area contributed by atoms with Gasteiger partial charge in [-0.25, -0.2) is 0 Å². The lowest BCUT2D eigenvalue weighted by atomic mass is 9.74. The first kappa shape index (κ1) is 17.4. The van der Waals surface area contributed by atoms with Crippen LogP contribution in [0.15, 0.2) is 85.4 Å².